The highest BCUT2D eigenvalue weighted by Gasteiger charge is 2.31. The molecule has 1 heteroatoms. The third-order valence-electron chi connectivity index (χ3n) is 7.01. The van der Waals surface area contributed by atoms with Crippen molar-refractivity contribution in [1.29, 1.82) is 0 Å². The van der Waals surface area contributed by atoms with E-state index in [0.29, 0.717) is 11.5 Å². The van der Waals surface area contributed by atoms with Crippen LogP contribution in [-0.4, -0.2) is 12.3 Å². The zero-order valence-corrected chi connectivity index (χ0v) is 15.4. The summed E-state index contributed by atoms with van der Waals surface area (Å²) in [5.41, 5.74) is 0.490. The molecule has 23 heavy (non-hydrogen) atoms. The third kappa shape index (κ3) is 5.33. The van der Waals surface area contributed by atoms with E-state index in [4.69, 9.17) is 4.99 Å². The Morgan fingerprint density at radius 1 is 0.565 bits per heavy atom. The Balaban J connectivity index is 1.70. The first-order chi connectivity index (χ1) is 11.4. The quantitative estimate of drug-likeness (QED) is 0.489. The fourth-order valence-electron chi connectivity index (χ4n) is 5.44. The molecule has 0 aromatic heterocycles. The predicted molar refractivity (Wildman–Crippen MR) is 101 cm³/mol. The van der Waals surface area contributed by atoms with Crippen LogP contribution in [0, 0.1) is 11.3 Å². The van der Waals surface area contributed by atoms with Gasteiger partial charge in [0.2, 0.25) is 0 Å². The summed E-state index contributed by atoms with van der Waals surface area (Å²) in [4.78, 5) is 5.33. The van der Waals surface area contributed by atoms with Crippen molar-refractivity contribution in [3.8, 4) is 0 Å². The number of aliphatic imine (C=N–C) groups is 1. The monoisotopic (exact) mass is 317 g/mol. The summed E-state index contributed by atoms with van der Waals surface area (Å²) in [5.74, 6) is 0.906. The van der Waals surface area contributed by atoms with Crippen molar-refractivity contribution < 1.29 is 0 Å². The Labute approximate surface area is 144 Å². The number of rotatable bonds is 1. The first kappa shape index (κ1) is 17.5. The summed E-state index contributed by atoms with van der Waals surface area (Å²) in [6, 6.07) is 0.661. The molecule has 1 nitrogen and oxygen atoms in total. The summed E-state index contributed by atoms with van der Waals surface area (Å²) < 4.78 is 0. The Kier molecular flexibility index (Phi) is 7.02. The summed E-state index contributed by atoms with van der Waals surface area (Å²) >= 11 is 0. The molecule has 1 spiro atoms. The van der Waals surface area contributed by atoms with Crippen LogP contribution in [0.15, 0.2) is 4.99 Å². The van der Waals surface area contributed by atoms with Gasteiger partial charge >= 0.3 is 0 Å². The van der Waals surface area contributed by atoms with Gasteiger partial charge in [0, 0.05) is 11.6 Å². The van der Waals surface area contributed by atoms with Crippen LogP contribution < -0.4 is 0 Å². The van der Waals surface area contributed by atoms with Gasteiger partial charge in [-0.3, -0.25) is 4.99 Å². The lowest BCUT2D eigenvalue weighted by atomic mass is 9.71. The molecule has 3 rings (SSSR count). The highest BCUT2D eigenvalue weighted by atomic mass is 14.8. The van der Waals surface area contributed by atoms with E-state index in [1.54, 1.807) is 0 Å². The smallest absolute Gasteiger partial charge is 0.0524 e. The molecule has 1 unspecified atom stereocenters. The minimum atomic E-state index is 0.490. The van der Waals surface area contributed by atoms with Crippen LogP contribution in [0.25, 0.3) is 0 Å². The lowest BCUT2D eigenvalue weighted by Gasteiger charge is -2.35. The molecule has 0 saturated heterocycles. The van der Waals surface area contributed by atoms with E-state index in [-0.39, 0.29) is 0 Å². The fraction of sp³-hybridized carbons (Fsp3) is 0.955. The second-order valence-corrected chi connectivity index (χ2v) is 8.83. The lowest BCUT2D eigenvalue weighted by Crippen LogP contribution is -2.29. The third-order valence-corrected chi connectivity index (χ3v) is 7.01. The van der Waals surface area contributed by atoms with Crippen LogP contribution in [0.4, 0.5) is 0 Å². The van der Waals surface area contributed by atoms with E-state index in [2.05, 4.69) is 6.21 Å². The topological polar surface area (TPSA) is 12.4 Å². The zero-order valence-electron chi connectivity index (χ0n) is 15.4. The lowest BCUT2D eigenvalue weighted by molar-refractivity contribution is 0.254. The van der Waals surface area contributed by atoms with Crippen LogP contribution in [-0.2, 0) is 0 Å². The molecule has 0 aromatic carbocycles. The molecule has 0 N–H and O–H groups in total. The maximum atomic E-state index is 5.33. The molecule has 2 aliphatic carbocycles. The molecule has 0 radical (unpaired) electrons. The van der Waals surface area contributed by atoms with Crippen molar-refractivity contribution in [1.82, 2.24) is 0 Å². The van der Waals surface area contributed by atoms with Gasteiger partial charge in [-0.05, 0) is 44.4 Å². The van der Waals surface area contributed by atoms with Gasteiger partial charge in [0.15, 0.2) is 0 Å². The molecule has 1 aliphatic heterocycles. The summed E-state index contributed by atoms with van der Waals surface area (Å²) in [5, 5.41) is 0. The minimum absolute atomic E-state index is 0.490. The van der Waals surface area contributed by atoms with Gasteiger partial charge in [-0.25, -0.2) is 0 Å². The van der Waals surface area contributed by atoms with E-state index in [0.717, 1.165) is 5.92 Å². The van der Waals surface area contributed by atoms with Crippen LogP contribution >= 0.6 is 0 Å². The highest BCUT2D eigenvalue weighted by Crippen LogP contribution is 2.40. The van der Waals surface area contributed by atoms with E-state index in [9.17, 15) is 0 Å². The van der Waals surface area contributed by atoms with Gasteiger partial charge in [0.05, 0.1) is 6.04 Å². The summed E-state index contributed by atoms with van der Waals surface area (Å²) in [7, 11) is 0. The largest absolute Gasteiger partial charge is 0.293 e. The van der Waals surface area contributed by atoms with Gasteiger partial charge in [0.1, 0.15) is 0 Å². The summed E-state index contributed by atoms with van der Waals surface area (Å²) in [6.45, 7) is 0. The maximum absolute atomic E-state index is 5.33. The normalized spacial score (nSPS) is 31.4. The van der Waals surface area contributed by atoms with Crippen LogP contribution in [0.1, 0.15) is 116 Å². The average Bonchev–Trinajstić information content (AvgIpc) is 2.60. The molecule has 3 aliphatic rings. The first-order valence-electron chi connectivity index (χ1n) is 10.9. The van der Waals surface area contributed by atoms with Gasteiger partial charge in [0.25, 0.3) is 0 Å². The molecule has 0 aromatic rings. The van der Waals surface area contributed by atoms with Crippen LogP contribution in [0.3, 0.4) is 0 Å². The Morgan fingerprint density at radius 2 is 1.04 bits per heavy atom. The Bertz CT molecular complexity index is 347. The van der Waals surface area contributed by atoms with E-state index in [1.807, 2.05) is 0 Å². The van der Waals surface area contributed by atoms with E-state index in [1.165, 1.54) is 116 Å². The zero-order chi connectivity index (χ0) is 15.8. The molecule has 132 valence electrons. The Hall–Kier alpha value is -0.330. The minimum Gasteiger partial charge on any atom is -0.293 e. The maximum Gasteiger partial charge on any atom is 0.0524 e. The van der Waals surface area contributed by atoms with Crippen LogP contribution in [0.2, 0.25) is 0 Å². The van der Waals surface area contributed by atoms with Crippen molar-refractivity contribution in [2.75, 3.05) is 0 Å². The van der Waals surface area contributed by atoms with E-state index >= 15 is 0 Å². The Morgan fingerprint density at radius 3 is 1.74 bits per heavy atom. The number of hydrogen-bond donors (Lipinski definition) is 0. The van der Waals surface area contributed by atoms with Crippen LogP contribution in [0.5, 0.6) is 0 Å². The average molecular weight is 318 g/mol. The van der Waals surface area contributed by atoms with Gasteiger partial charge in [-0.2, -0.15) is 0 Å². The van der Waals surface area contributed by atoms with Gasteiger partial charge in [-0.1, -0.05) is 77.0 Å². The number of nitrogens with zero attached hydrogens (tertiary/aromatic N) is 1. The standard InChI is InChI=1S/C22H39N/c1-2-4-10-16-22(17-11-6-12-18-22)19-23-21(15-9-3-1)20-13-7-5-8-14-20/h19-21H,1-18H2. The molecule has 0 amide bonds. The van der Waals surface area contributed by atoms with Crippen molar-refractivity contribution in [2.45, 2.75) is 122 Å². The van der Waals surface area contributed by atoms with Gasteiger partial charge < -0.3 is 0 Å². The van der Waals surface area contributed by atoms with Crippen molar-refractivity contribution in [2.24, 2.45) is 16.3 Å². The van der Waals surface area contributed by atoms with Crippen molar-refractivity contribution >= 4 is 6.21 Å². The van der Waals surface area contributed by atoms with Gasteiger partial charge in [-0.15, -0.1) is 0 Å². The van der Waals surface area contributed by atoms with Crippen molar-refractivity contribution in [3.63, 3.8) is 0 Å². The summed E-state index contributed by atoms with van der Waals surface area (Å²) in [6.07, 6.45) is 28.5. The predicted octanol–water partition coefficient (Wildman–Crippen LogP) is 7.09. The molecular formula is C22H39N. The SMILES string of the molecule is C1=NC(C2CCCCC2)CCCCCCCCC12CCCCC2. The van der Waals surface area contributed by atoms with Crippen molar-refractivity contribution in [3.05, 3.63) is 0 Å². The second-order valence-electron chi connectivity index (χ2n) is 8.83. The molecule has 1 heterocycles. The molecular weight excluding hydrogens is 278 g/mol. The number of hydrogen-bond acceptors (Lipinski definition) is 1. The molecule has 0 bridgehead atoms. The highest BCUT2D eigenvalue weighted by molar-refractivity contribution is 5.66. The second kappa shape index (κ2) is 9.23. The fourth-order valence-corrected chi connectivity index (χ4v) is 5.44. The molecule has 2 fully saturated rings. The molecule has 2 saturated carbocycles. The first-order valence-corrected chi connectivity index (χ1v) is 10.9. The van der Waals surface area contributed by atoms with E-state index < -0.39 is 0 Å². The molecule has 1 atom stereocenters.